The van der Waals surface area contributed by atoms with Crippen LogP contribution in [0.15, 0.2) is 33.8 Å². The third-order valence-electron chi connectivity index (χ3n) is 3.45. The highest BCUT2D eigenvalue weighted by Crippen LogP contribution is 2.40. The summed E-state index contributed by atoms with van der Waals surface area (Å²) in [5.41, 5.74) is 0.991. The average Bonchev–Trinajstić information content (AvgIpc) is 2.68. The summed E-state index contributed by atoms with van der Waals surface area (Å²) in [4.78, 5) is 32.3. The van der Waals surface area contributed by atoms with Crippen LogP contribution < -0.4 is 14.9 Å². The van der Waals surface area contributed by atoms with Crippen molar-refractivity contribution in [2.75, 3.05) is 13.7 Å². The molecule has 0 bridgehead atoms. The second-order valence-corrected chi connectivity index (χ2v) is 6.71. The molecular formula is C16H12BrClN4O8. The number of hydrogen-bond acceptors (Lipinski definition) is 9. The molecule has 2 aromatic rings. The number of carbonyl (C=O) groups is 1. The smallest absolute Gasteiger partial charge is 0.321 e. The van der Waals surface area contributed by atoms with Gasteiger partial charge in [-0.25, -0.2) is 5.43 Å². The van der Waals surface area contributed by atoms with Crippen molar-refractivity contribution in [2.45, 2.75) is 0 Å². The molecule has 14 heteroatoms. The van der Waals surface area contributed by atoms with E-state index in [-0.39, 0.29) is 17.1 Å². The predicted octanol–water partition coefficient (Wildman–Crippen LogP) is 3.16. The Balaban J connectivity index is 2.13. The van der Waals surface area contributed by atoms with E-state index in [1.165, 1.54) is 12.1 Å². The molecular weight excluding hydrogens is 492 g/mol. The number of aromatic hydroxyl groups is 1. The minimum Gasteiger partial charge on any atom is -0.506 e. The Labute approximate surface area is 181 Å². The molecule has 0 fully saturated rings. The molecule has 0 atom stereocenters. The summed E-state index contributed by atoms with van der Waals surface area (Å²) in [7, 11) is 1.13. The van der Waals surface area contributed by atoms with Crippen molar-refractivity contribution in [1.29, 1.82) is 0 Å². The minimum atomic E-state index is -0.902. The molecule has 2 aromatic carbocycles. The lowest BCUT2D eigenvalue weighted by atomic mass is 10.2. The Morgan fingerprint density at radius 1 is 1.30 bits per heavy atom. The lowest BCUT2D eigenvalue weighted by molar-refractivity contribution is -0.394. The van der Waals surface area contributed by atoms with Gasteiger partial charge >= 0.3 is 5.69 Å². The number of nitro benzene ring substituents is 2. The molecule has 1 amide bonds. The summed E-state index contributed by atoms with van der Waals surface area (Å²) >= 11 is 8.96. The van der Waals surface area contributed by atoms with Gasteiger partial charge in [0.05, 0.1) is 39.8 Å². The number of nitrogens with zero attached hydrogens (tertiary/aromatic N) is 3. The molecule has 0 unspecified atom stereocenters. The number of non-ortho nitro benzene ring substituents is 1. The number of amides is 1. The lowest BCUT2D eigenvalue weighted by Gasteiger charge is -2.10. The van der Waals surface area contributed by atoms with Gasteiger partial charge in [-0.15, -0.1) is 0 Å². The van der Waals surface area contributed by atoms with Crippen molar-refractivity contribution in [1.82, 2.24) is 5.43 Å². The van der Waals surface area contributed by atoms with Crippen LogP contribution in [0.2, 0.25) is 5.02 Å². The van der Waals surface area contributed by atoms with E-state index in [2.05, 4.69) is 26.5 Å². The Bertz CT molecular complexity index is 1050. The summed E-state index contributed by atoms with van der Waals surface area (Å²) in [6.45, 7) is -0.711. The van der Waals surface area contributed by atoms with Crippen LogP contribution in [-0.2, 0) is 4.79 Å². The molecule has 0 spiro atoms. The first kappa shape index (κ1) is 22.8. The van der Waals surface area contributed by atoms with E-state index in [4.69, 9.17) is 21.1 Å². The number of phenolic OH excluding ortho intramolecular Hbond substituents is 1. The number of benzene rings is 2. The monoisotopic (exact) mass is 502 g/mol. The largest absolute Gasteiger partial charge is 0.506 e. The fraction of sp³-hybridized carbons (Fsp3) is 0.125. The van der Waals surface area contributed by atoms with Crippen LogP contribution in [0.1, 0.15) is 5.56 Å². The number of hydrazone groups is 1. The van der Waals surface area contributed by atoms with Crippen molar-refractivity contribution < 1.29 is 29.2 Å². The zero-order chi connectivity index (χ0) is 22.4. The summed E-state index contributed by atoms with van der Waals surface area (Å²) in [6.07, 6.45) is 1.12. The van der Waals surface area contributed by atoms with Crippen molar-refractivity contribution in [3.63, 3.8) is 0 Å². The standard InChI is InChI=1S/C16H12BrClN4O8/c1-29-13-5-10(21(25)26)4-12(22(27)28)16(13)30-7-14(23)20-19-6-8-2-9(18)3-11(17)15(8)24/h2-6,24H,7H2,1H3,(H,20,23)/b19-6+. The van der Waals surface area contributed by atoms with Crippen LogP contribution in [0.25, 0.3) is 0 Å². The molecule has 2 N–H and O–H groups in total. The lowest BCUT2D eigenvalue weighted by Crippen LogP contribution is -2.25. The Kier molecular flexibility index (Phi) is 7.49. The predicted molar refractivity (Wildman–Crippen MR) is 108 cm³/mol. The van der Waals surface area contributed by atoms with E-state index in [0.717, 1.165) is 19.4 Å². The van der Waals surface area contributed by atoms with Gasteiger partial charge in [0.1, 0.15) is 5.75 Å². The molecule has 0 aromatic heterocycles. The molecule has 0 heterocycles. The fourth-order valence-electron chi connectivity index (χ4n) is 2.14. The van der Waals surface area contributed by atoms with Gasteiger partial charge in [-0.2, -0.15) is 5.10 Å². The molecule has 12 nitrogen and oxygen atoms in total. The number of phenols is 1. The van der Waals surface area contributed by atoms with E-state index in [1.807, 2.05) is 0 Å². The molecule has 0 radical (unpaired) electrons. The summed E-state index contributed by atoms with van der Waals surface area (Å²) in [6, 6.07) is 4.48. The summed E-state index contributed by atoms with van der Waals surface area (Å²) in [5.74, 6) is -1.70. The SMILES string of the molecule is COc1cc([N+](=O)[O-])cc([N+](=O)[O-])c1OCC(=O)N/N=C/c1cc(Cl)cc(Br)c1O. The van der Waals surface area contributed by atoms with E-state index in [0.29, 0.717) is 15.6 Å². The molecule has 30 heavy (non-hydrogen) atoms. The molecule has 0 saturated heterocycles. The number of methoxy groups -OCH3 is 1. The molecule has 158 valence electrons. The van der Waals surface area contributed by atoms with Crippen LogP contribution in [0.5, 0.6) is 17.2 Å². The molecule has 2 rings (SSSR count). The number of ether oxygens (including phenoxy) is 2. The van der Waals surface area contributed by atoms with E-state index >= 15 is 0 Å². The third kappa shape index (κ3) is 5.55. The second-order valence-electron chi connectivity index (χ2n) is 5.42. The van der Waals surface area contributed by atoms with Crippen LogP contribution in [-0.4, -0.2) is 40.8 Å². The first-order chi connectivity index (χ1) is 14.1. The van der Waals surface area contributed by atoms with Crippen molar-refractivity contribution in [2.24, 2.45) is 5.10 Å². The van der Waals surface area contributed by atoms with Gasteiger partial charge in [0, 0.05) is 10.6 Å². The Morgan fingerprint density at radius 3 is 2.60 bits per heavy atom. The number of hydrogen-bond donors (Lipinski definition) is 2. The highest BCUT2D eigenvalue weighted by molar-refractivity contribution is 9.10. The highest BCUT2D eigenvalue weighted by atomic mass is 79.9. The summed E-state index contributed by atoms with van der Waals surface area (Å²) in [5, 5.41) is 35.9. The molecule has 0 aliphatic rings. The topological polar surface area (TPSA) is 166 Å². The zero-order valence-corrected chi connectivity index (χ0v) is 17.3. The first-order valence-electron chi connectivity index (χ1n) is 7.77. The maximum absolute atomic E-state index is 11.9. The second kappa shape index (κ2) is 9.84. The number of carbonyl (C=O) groups excluding carboxylic acids is 1. The average molecular weight is 504 g/mol. The number of nitro groups is 2. The number of nitrogens with one attached hydrogen (secondary N) is 1. The van der Waals surface area contributed by atoms with E-state index in [1.54, 1.807) is 0 Å². The van der Waals surface area contributed by atoms with Crippen molar-refractivity contribution >= 4 is 51.0 Å². The molecule has 0 aliphatic carbocycles. The van der Waals surface area contributed by atoms with Crippen molar-refractivity contribution in [3.8, 4) is 17.2 Å². The Hall–Kier alpha value is -3.45. The Morgan fingerprint density at radius 2 is 2.00 bits per heavy atom. The van der Waals surface area contributed by atoms with Crippen LogP contribution in [0, 0.1) is 20.2 Å². The number of rotatable bonds is 8. The van der Waals surface area contributed by atoms with Gasteiger partial charge in [0.2, 0.25) is 5.75 Å². The molecule has 0 aliphatic heterocycles. The zero-order valence-electron chi connectivity index (χ0n) is 15.0. The van der Waals surface area contributed by atoms with Gasteiger partial charge < -0.3 is 14.6 Å². The van der Waals surface area contributed by atoms with Gasteiger partial charge in [-0.05, 0) is 28.1 Å². The molecule has 0 saturated carbocycles. The van der Waals surface area contributed by atoms with Gasteiger partial charge in [0.25, 0.3) is 11.6 Å². The summed E-state index contributed by atoms with van der Waals surface area (Å²) < 4.78 is 10.3. The normalized spacial score (nSPS) is 10.6. The maximum Gasteiger partial charge on any atom is 0.321 e. The van der Waals surface area contributed by atoms with Crippen LogP contribution in [0.4, 0.5) is 11.4 Å². The van der Waals surface area contributed by atoms with Gasteiger partial charge in [0.15, 0.2) is 12.4 Å². The van der Waals surface area contributed by atoms with Crippen LogP contribution >= 0.6 is 27.5 Å². The first-order valence-corrected chi connectivity index (χ1v) is 8.94. The number of halogens is 2. The van der Waals surface area contributed by atoms with Crippen molar-refractivity contribution in [3.05, 3.63) is 59.6 Å². The van der Waals surface area contributed by atoms with Gasteiger partial charge in [-0.1, -0.05) is 11.6 Å². The minimum absolute atomic E-state index is 0.153. The van der Waals surface area contributed by atoms with E-state index < -0.39 is 39.5 Å². The quantitative estimate of drug-likeness (QED) is 0.315. The fourth-order valence-corrected chi connectivity index (χ4v) is 2.97. The highest BCUT2D eigenvalue weighted by Gasteiger charge is 2.27. The van der Waals surface area contributed by atoms with Gasteiger partial charge in [-0.3, -0.25) is 25.0 Å². The maximum atomic E-state index is 11.9. The van der Waals surface area contributed by atoms with E-state index in [9.17, 15) is 30.1 Å². The van der Waals surface area contributed by atoms with Crippen LogP contribution in [0.3, 0.4) is 0 Å². The third-order valence-corrected chi connectivity index (χ3v) is 4.27.